The van der Waals surface area contributed by atoms with Gasteiger partial charge >= 0.3 is 0 Å². The van der Waals surface area contributed by atoms with Crippen molar-refractivity contribution in [2.75, 3.05) is 19.6 Å². The molecule has 1 aromatic carbocycles. The van der Waals surface area contributed by atoms with Crippen molar-refractivity contribution in [1.82, 2.24) is 9.80 Å². The molecule has 2 aliphatic rings. The van der Waals surface area contributed by atoms with Crippen molar-refractivity contribution in [3.8, 4) is 0 Å². The summed E-state index contributed by atoms with van der Waals surface area (Å²) in [6.45, 7) is 7.38. The van der Waals surface area contributed by atoms with Gasteiger partial charge in [-0.05, 0) is 38.3 Å². The zero-order valence-electron chi connectivity index (χ0n) is 12.1. The molecule has 0 amide bonds. The zero-order valence-corrected chi connectivity index (χ0v) is 12.1. The van der Waals surface area contributed by atoms with E-state index in [0.717, 1.165) is 18.6 Å². The molecule has 0 radical (unpaired) electrons. The Labute approximate surface area is 117 Å². The minimum Gasteiger partial charge on any atom is -0.297 e. The first-order valence-corrected chi connectivity index (χ1v) is 7.85. The molecule has 2 fully saturated rings. The molecule has 0 aliphatic carbocycles. The van der Waals surface area contributed by atoms with Gasteiger partial charge in [0.05, 0.1) is 0 Å². The Bertz CT molecular complexity index is 390. The molecule has 2 aliphatic heterocycles. The van der Waals surface area contributed by atoms with Crippen LogP contribution >= 0.6 is 0 Å². The largest absolute Gasteiger partial charge is 0.297 e. The third-order valence-corrected chi connectivity index (χ3v) is 4.82. The van der Waals surface area contributed by atoms with Crippen LogP contribution in [0.2, 0.25) is 0 Å². The van der Waals surface area contributed by atoms with Crippen LogP contribution in [-0.4, -0.2) is 41.5 Å². The summed E-state index contributed by atoms with van der Waals surface area (Å²) in [6, 6.07) is 12.5. The van der Waals surface area contributed by atoms with Gasteiger partial charge in [0.25, 0.3) is 0 Å². The maximum atomic E-state index is 2.77. The number of hydrogen-bond donors (Lipinski definition) is 0. The highest BCUT2D eigenvalue weighted by atomic mass is 15.3. The smallest absolute Gasteiger partial charge is 0.0234 e. The fraction of sp³-hybridized carbons (Fsp3) is 0.647. The van der Waals surface area contributed by atoms with Crippen molar-refractivity contribution >= 4 is 0 Å². The van der Waals surface area contributed by atoms with E-state index in [0.29, 0.717) is 0 Å². The molecule has 0 bridgehead atoms. The summed E-state index contributed by atoms with van der Waals surface area (Å²) in [6.07, 6.45) is 5.55. The lowest BCUT2D eigenvalue weighted by Crippen LogP contribution is -2.47. The fourth-order valence-electron chi connectivity index (χ4n) is 3.71. The lowest BCUT2D eigenvalue weighted by atomic mass is 10.00. The minimum absolute atomic E-state index is 0.770. The molecule has 0 aromatic heterocycles. The maximum absolute atomic E-state index is 2.77. The van der Waals surface area contributed by atoms with Gasteiger partial charge in [0, 0.05) is 31.7 Å². The summed E-state index contributed by atoms with van der Waals surface area (Å²) in [5.41, 5.74) is 1.46. The van der Waals surface area contributed by atoms with Crippen molar-refractivity contribution in [1.29, 1.82) is 0 Å². The SMILES string of the molecule is CC1CCN(Cc2ccccc2)CC2CCCCN12. The van der Waals surface area contributed by atoms with Crippen molar-refractivity contribution < 1.29 is 0 Å². The molecule has 0 saturated carbocycles. The summed E-state index contributed by atoms with van der Waals surface area (Å²) >= 11 is 0. The van der Waals surface area contributed by atoms with E-state index in [1.807, 2.05) is 0 Å². The molecular weight excluding hydrogens is 232 g/mol. The van der Waals surface area contributed by atoms with Crippen LogP contribution in [0.5, 0.6) is 0 Å². The van der Waals surface area contributed by atoms with E-state index in [-0.39, 0.29) is 0 Å². The van der Waals surface area contributed by atoms with Gasteiger partial charge in [-0.3, -0.25) is 9.80 Å². The predicted molar refractivity (Wildman–Crippen MR) is 80.1 cm³/mol. The van der Waals surface area contributed by atoms with E-state index in [1.165, 1.54) is 50.9 Å². The third-order valence-electron chi connectivity index (χ3n) is 4.82. The monoisotopic (exact) mass is 258 g/mol. The normalized spacial score (nSPS) is 29.7. The van der Waals surface area contributed by atoms with E-state index in [2.05, 4.69) is 47.1 Å². The van der Waals surface area contributed by atoms with Crippen LogP contribution in [0.4, 0.5) is 0 Å². The predicted octanol–water partition coefficient (Wildman–Crippen LogP) is 3.14. The average Bonchev–Trinajstić information content (AvgIpc) is 2.60. The molecule has 2 nitrogen and oxygen atoms in total. The Kier molecular flexibility index (Phi) is 4.19. The van der Waals surface area contributed by atoms with Crippen LogP contribution in [0.15, 0.2) is 30.3 Å². The Morgan fingerprint density at radius 1 is 1.05 bits per heavy atom. The molecule has 0 N–H and O–H groups in total. The van der Waals surface area contributed by atoms with E-state index < -0.39 is 0 Å². The van der Waals surface area contributed by atoms with Crippen molar-refractivity contribution in [2.45, 2.75) is 51.2 Å². The number of hydrogen-bond acceptors (Lipinski definition) is 2. The van der Waals surface area contributed by atoms with Gasteiger partial charge in [0.1, 0.15) is 0 Å². The molecule has 2 unspecified atom stereocenters. The maximum Gasteiger partial charge on any atom is 0.0234 e. The van der Waals surface area contributed by atoms with E-state index in [1.54, 1.807) is 0 Å². The van der Waals surface area contributed by atoms with Gasteiger partial charge in [0.15, 0.2) is 0 Å². The van der Waals surface area contributed by atoms with Gasteiger partial charge < -0.3 is 0 Å². The number of piperidine rings is 1. The van der Waals surface area contributed by atoms with Crippen molar-refractivity contribution in [2.24, 2.45) is 0 Å². The molecule has 2 saturated heterocycles. The van der Waals surface area contributed by atoms with Gasteiger partial charge in [-0.1, -0.05) is 36.8 Å². The van der Waals surface area contributed by atoms with Crippen LogP contribution in [0.3, 0.4) is 0 Å². The first-order chi connectivity index (χ1) is 9.33. The van der Waals surface area contributed by atoms with Crippen LogP contribution in [-0.2, 0) is 6.54 Å². The number of nitrogens with zero attached hydrogens (tertiary/aromatic N) is 2. The standard InChI is InChI=1S/C17H26N2/c1-15-10-12-18(13-16-7-3-2-4-8-16)14-17-9-5-6-11-19(15)17/h2-4,7-8,15,17H,5-6,9-14H2,1H3. The number of fused-ring (bicyclic) bond motifs is 1. The molecule has 3 rings (SSSR count). The van der Waals surface area contributed by atoms with Gasteiger partial charge in [-0.15, -0.1) is 0 Å². The average molecular weight is 258 g/mol. The van der Waals surface area contributed by atoms with Crippen LogP contribution in [0, 0.1) is 0 Å². The quantitative estimate of drug-likeness (QED) is 0.804. The summed E-state index contributed by atoms with van der Waals surface area (Å²) in [7, 11) is 0. The molecule has 0 spiro atoms. The second-order valence-corrected chi connectivity index (χ2v) is 6.25. The highest BCUT2D eigenvalue weighted by Gasteiger charge is 2.30. The lowest BCUT2D eigenvalue weighted by molar-refractivity contribution is 0.101. The highest BCUT2D eigenvalue weighted by Crippen LogP contribution is 2.25. The minimum atomic E-state index is 0.770. The molecule has 19 heavy (non-hydrogen) atoms. The summed E-state index contributed by atoms with van der Waals surface area (Å²) < 4.78 is 0. The molecule has 1 aromatic rings. The topological polar surface area (TPSA) is 6.48 Å². The molecular formula is C17H26N2. The van der Waals surface area contributed by atoms with Crippen LogP contribution < -0.4 is 0 Å². The lowest BCUT2D eigenvalue weighted by Gasteiger charge is -2.38. The van der Waals surface area contributed by atoms with Crippen molar-refractivity contribution in [3.63, 3.8) is 0 Å². The highest BCUT2D eigenvalue weighted by molar-refractivity contribution is 5.14. The van der Waals surface area contributed by atoms with Gasteiger partial charge in [-0.2, -0.15) is 0 Å². The number of benzene rings is 1. The van der Waals surface area contributed by atoms with Crippen molar-refractivity contribution in [3.05, 3.63) is 35.9 Å². The Balaban J connectivity index is 1.67. The second kappa shape index (κ2) is 6.06. The molecule has 104 valence electrons. The zero-order chi connectivity index (χ0) is 13.1. The Morgan fingerprint density at radius 2 is 1.89 bits per heavy atom. The molecule has 2 heterocycles. The van der Waals surface area contributed by atoms with Crippen LogP contribution in [0.1, 0.15) is 38.2 Å². The van der Waals surface area contributed by atoms with E-state index in [9.17, 15) is 0 Å². The molecule has 2 atom stereocenters. The van der Waals surface area contributed by atoms with E-state index in [4.69, 9.17) is 0 Å². The van der Waals surface area contributed by atoms with Crippen LogP contribution in [0.25, 0.3) is 0 Å². The molecule has 2 heteroatoms. The summed E-state index contributed by atoms with van der Waals surface area (Å²) in [4.78, 5) is 5.44. The van der Waals surface area contributed by atoms with E-state index >= 15 is 0 Å². The first kappa shape index (κ1) is 13.1. The summed E-state index contributed by atoms with van der Waals surface area (Å²) in [5, 5.41) is 0. The number of rotatable bonds is 2. The Morgan fingerprint density at radius 3 is 2.74 bits per heavy atom. The summed E-state index contributed by atoms with van der Waals surface area (Å²) in [5.74, 6) is 0. The van der Waals surface area contributed by atoms with Gasteiger partial charge in [0.2, 0.25) is 0 Å². The fourth-order valence-corrected chi connectivity index (χ4v) is 3.71. The third kappa shape index (κ3) is 3.18. The Hall–Kier alpha value is -0.860. The first-order valence-electron chi connectivity index (χ1n) is 7.85. The second-order valence-electron chi connectivity index (χ2n) is 6.25. The van der Waals surface area contributed by atoms with Gasteiger partial charge in [-0.25, -0.2) is 0 Å².